The first kappa shape index (κ1) is 16.7. The first-order chi connectivity index (χ1) is 12.0. The Balaban J connectivity index is 1.59. The number of carbonyl (C=O) groups is 1. The summed E-state index contributed by atoms with van der Waals surface area (Å²) in [4.78, 5) is 21.9. The summed E-state index contributed by atoms with van der Waals surface area (Å²) < 4.78 is 2.84. The van der Waals surface area contributed by atoms with Crippen molar-refractivity contribution in [2.24, 2.45) is 0 Å². The molecule has 2 heterocycles. The summed E-state index contributed by atoms with van der Waals surface area (Å²) in [5, 5.41) is 21.8. The number of rotatable bonds is 6. The Bertz CT molecular complexity index is 919. The normalized spacial score (nSPS) is 10.6. The van der Waals surface area contributed by atoms with Crippen molar-refractivity contribution in [1.29, 1.82) is 0 Å². The zero-order valence-corrected chi connectivity index (χ0v) is 13.6. The van der Waals surface area contributed by atoms with Crippen LogP contribution in [-0.2, 0) is 17.9 Å². The summed E-state index contributed by atoms with van der Waals surface area (Å²) in [7, 11) is 0. The van der Waals surface area contributed by atoms with Gasteiger partial charge in [-0.05, 0) is 16.6 Å². The molecule has 0 bridgehead atoms. The number of hydrogen-bond donors (Lipinski definition) is 1. The van der Waals surface area contributed by atoms with Crippen molar-refractivity contribution in [1.82, 2.24) is 19.6 Å². The molecule has 128 valence electrons. The van der Waals surface area contributed by atoms with Crippen molar-refractivity contribution in [2.75, 3.05) is 5.32 Å². The lowest BCUT2D eigenvalue weighted by molar-refractivity contribution is -0.389. The fourth-order valence-corrected chi connectivity index (χ4v) is 2.38. The highest BCUT2D eigenvalue weighted by atomic mass is 35.5. The van der Waals surface area contributed by atoms with E-state index in [1.54, 1.807) is 23.0 Å². The van der Waals surface area contributed by atoms with E-state index in [0.717, 1.165) is 5.56 Å². The first-order valence-electron chi connectivity index (χ1n) is 7.26. The summed E-state index contributed by atoms with van der Waals surface area (Å²) >= 11 is 6.11. The van der Waals surface area contributed by atoms with E-state index in [1.807, 2.05) is 18.2 Å². The Hall–Kier alpha value is -3.20. The molecule has 10 heteroatoms. The van der Waals surface area contributed by atoms with E-state index in [1.165, 1.54) is 16.9 Å². The Morgan fingerprint density at radius 2 is 1.92 bits per heavy atom. The number of nitro groups is 1. The van der Waals surface area contributed by atoms with Crippen molar-refractivity contribution in [2.45, 2.75) is 13.1 Å². The van der Waals surface area contributed by atoms with Crippen molar-refractivity contribution in [3.8, 4) is 0 Å². The van der Waals surface area contributed by atoms with Crippen molar-refractivity contribution in [3.05, 3.63) is 69.5 Å². The van der Waals surface area contributed by atoms with E-state index in [4.69, 9.17) is 11.6 Å². The smallest absolute Gasteiger partial charge is 0.358 e. The van der Waals surface area contributed by atoms with Crippen LogP contribution in [0.1, 0.15) is 5.56 Å². The molecule has 1 amide bonds. The molecule has 2 aromatic heterocycles. The van der Waals surface area contributed by atoms with Crippen molar-refractivity contribution in [3.63, 3.8) is 0 Å². The van der Waals surface area contributed by atoms with Gasteiger partial charge in [-0.2, -0.15) is 9.78 Å². The molecule has 1 aromatic carbocycles. The Morgan fingerprint density at radius 3 is 2.64 bits per heavy atom. The van der Waals surface area contributed by atoms with Crippen LogP contribution in [0.25, 0.3) is 0 Å². The molecule has 0 atom stereocenters. The van der Waals surface area contributed by atoms with E-state index in [0.29, 0.717) is 17.4 Å². The van der Waals surface area contributed by atoms with Crippen LogP contribution < -0.4 is 5.32 Å². The number of benzene rings is 1. The zero-order valence-electron chi connectivity index (χ0n) is 12.9. The molecule has 0 unspecified atom stereocenters. The van der Waals surface area contributed by atoms with Gasteiger partial charge in [-0.1, -0.05) is 29.8 Å². The summed E-state index contributed by atoms with van der Waals surface area (Å²) in [5.41, 5.74) is 0.911. The monoisotopic (exact) mass is 360 g/mol. The van der Waals surface area contributed by atoms with Gasteiger partial charge in [0.15, 0.2) is 5.82 Å². The molecule has 9 nitrogen and oxygen atoms in total. The number of nitrogens with zero attached hydrogens (tertiary/aromatic N) is 5. The predicted molar refractivity (Wildman–Crippen MR) is 90.3 cm³/mol. The minimum absolute atomic E-state index is 0.148. The second kappa shape index (κ2) is 7.14. The van der Waals surface area contributed by atoms with Crippen LogP contribution in [0.3, 0.4) is 0 Å². The molecule has 0 aliphatic carbocycles. The van der Waals surface area contributed by atoms with Gasteiger partial charge in [-0.25, -0.2) is 0 Å². The summed E-state index contributed by atoms with van der Waals surface area (Å²) in [6.45, 7) is 0.326. The lowest BCUT2D eigenvalue weighted by atomic mass is 10.2. The molecule has 0 aliphatic rings. The van der Waals surface area contributed by atoms with Gasteiger partial charge in [0.25, 0.3) is 0 Å². The third-order valence-electron chi connectivity index (χ3n) is 3.32. The number of amides is 1. The van der Waals surface area contributed by atoms with E-state index < -0.39 is 4.92 Å². The van der Waals surface area contributed by atoms with E-state index in [2.05, 4.69) is 15.5 Å². The van der Waals surface area contributed by atoms with E-state index in [9.17, 15) is 14.9 Å². The molecule has 0 fully saturated rings. The van der Waals surface area contributed by atoms with Gasteiger partial charge >= 0.3 is 5.82 Å². The molecule has 0 radical (unpaired) electrons. The molecular weight excluding hydrogens is 348 g/mol. The van der Waals surface area contributed by atoms with Crippen LogP contribution in [0.2, 0.25) is 5.02 Å². The maximum Gasteiger partial charge on any atom is 0.389 e. The number of halogens is 1. The number of aromatic nitrogens is 4. The zero-order chi connectivity index (χ0) is 17.8. The van der Waals surface area contributed by atoms with Gasteiger partial charge in [-0.15, -0.1) is 0 Å². The van der Waals surface area contributed by atoms with Gasteiger partial charge in [0, 0.05) is 17.3 Å². The molecular formula is C15H13ClN6O3. The van der Waals surface area contributed by atoms with Gasteiger partial charge in [-0.3, -0.25) is 9.48 Å². The third-order valence-corrected chi connectivity index (χ3v) is 3.69. The quantitative estimate of drug-likeness (QED) is 0.536. The van der Waals surface area contributed by atoms with Crippen LogP contribution in [0.15, 0.2) is 48.8 Å². The third kappa shape index (κ3) is 4.21. The summed E-state index contributed by atoms with van der Waals surface area (Å²) in [5.74, 6) is -0.323. The largest absolute Gasteiger partial charge is 0.389 e. The number of anilines is 1. The standard InChI is InChI=1S/C15H13ClN6O3/c16-12-4-2-1-3-11(12)9-20-7-5-13(18-20)17-15(23)10-21-8-6-14(19-21)22(24)25/h1-8H,9-10H2,(H,17,18,23). The predicted octanol–water partition coefficient (Wildman–Crippen LogP) is 2.33. The number of hydrogen-bond acceptors (Lipinski definition) is 5. The molecule has 3 aromatic rings. The molecule has 0 aliphatic heterocycles. The maximum atomic E-state index is 12.0. The Morgan fingerprint density at radius 1 is 1.16 bits per heavy atom. The maximum absolute atomic E-state index is 12.0. The minimum atomic E-state index is -0.620. The van der Waals surface area contributed by atoms with Gasteiger partial charge in [0.2, 0.25) is 5.91 Å². The highest BCUT2D eigenvalue weighted by Gasteiger charge is 2.14. The minimum Gasteiger partial charge on any atom is -0.358 e. The molecule has 3 rings (SSSR count). The number of carbonyl (C=O) groups excluding carboxylic acids is 1. The lowest BCUT2D eigenvalue weighted by Crippen LogP contribution is -2.19. The fourth-order valence-electron chi connectivity index (χ4n) is 2.18. The van der Waals surface area contributed by atoms with E-state index in [-0.39, 0.29) is 18.3 Å². The molecule has 1 N–H and O–H groups in total. The number of nitrogens with one attached hydrogen (secondary N) is 1. The molecule has 0 spiro atoms. The first-order valence-corrected chi connectivity index (χ1v) is 7.63. The molecule has 25 heavy (non-hydrogen) atoms. The van der Waals surface area contributed by atoms with Gasteiger partial charge < -0.3 is 15.4 Å². The highest BCUT2D eigenvalue weighted by Crippen LogP contribution is 2.16. The van der Waals surface area contributed by atoms with Crippen molar-refractivity contribution < 1.29 is 9.72 Å². The molecule has 0 saturated carbocycles. The lowest BCUT2D eigenvalue weighted by Gasteiger charge is -2.04. The van der Waals surface area contributed by atoms with E-state index >= 15 is 0 Å². The second-order valence-corrected chi connectivity index (χ2v) is 5.57. The van der Waals surface area contributed by atoms with Crippen LogP contribution in [-0.4, -0.2) is 30.4 Å². The van der Waals surface area contributed by atoms with Gasteiger partial charge in [0.1, 0.15) is 6.54 Å². The van der Waals surface area contributed by atoms with Gasteiger partial charge in [0.05, 0.1) is 23.9 Å². The van der Waals surface area contributed by atoms with Crippen molar-refractivity contribution >= 4 is 29.1 Å². The average Bonchev–Trinajstić information content (AvgIpc) is 3.19. The average molecular weight is 361 g/mol. The molecule has 0 saturated heterocycles. The fraction of sp³-hybridized carbons (Fsp3) is 0.133. The van der Waals surface area contributed by atoms with Crippen LogP contribution in [0.5, 0.6) is 0 Å². The van der Waals surface area contributed by atoms with Crippen LogP contribution in [0, 0.1) is 10.1 Å². The Kier molecular flexibility index (Phi) is 4.75. The summed E-state index contributed by atoms with van der Waals surface area (Å²) in [6.07, 6.45) is 3.09. The summed E-state index contributed by atoms with van der Waals surface area (Å²) in [6, 6.07) is 10.3. The van der Waals surface area contributed by atoms with Crippen LogP contribution >= 0.6 is 11.6 Å². The Labute approximate surface area is 147 Å². The topological polar surface area (TPSA) is 108 Å². The highest BCUT2D eigenvalue weighted by molar-refractivity contribution is 6.31. The second-order valence-electron chi connectivity index (χ2n) is 5.17. The van der Waals surface area contributed by atoms with Crippen LogP contribution in [0.4, 0.5) is 11.6 Å². The SMILES string of the molecule is O=C(Cn1ccc([N+](=O)[O-])n1)Nc1ccn(Cc2ccccc2Cl)n1.